The van der Waals surface area contributed by atoms with Crippen LogP contribution < -0.4 is 10.1 Å². The number of methoxy groups -OCH3 is 1. The number of carbonyl (C=O) groups excluding carboxylic acids is 2. The topological polar surface area (TPSA) is 75.6 Å². The summed E-state index contributed by atoms with van der Waals surface area (Å²) in [5.74, 6) is -0.279. The summed E-state index contributed by atoms with van der Waals surface area (Å²) in [6, 6.07) is 31.7. The molecule has 0 aromatic heterocycles. The first-order valence-corrected chi connectivity index (χ1v) is 10.9. The zero-order valence-corrected chi connectivity index (χ0v) is 18.7. The molecule has 4 aromatic carbocycles. The van der Waals surface area contributed by atoms with Gasteiger partial charge >= 0.3 is 0 Å². The number of carbonyl (C=O) groups is 2. The zero-order valence-electron chi connectivity index (χ0n) is 18.7. The number of ether oxygens (including phenoxy) is 1. The van der Waals surface area contributed by atoms with Crippen molar-refractivity contribution in [1.82, 2.24) is 5.32 Å². The predicted molar refractivity (Wildman–Crippen MR) is 131 cm³/mol. The van der Waals surface area contributed by atoms with Gasteiger partial charge in [-0.2, -0.15) is 0 Å². The highest BCUT2D eigenvalue weighted by Crippen LogP contribution is 2.35. The standard InChI is InChI=1S/C29H25NO4/c1-34-25-19-17-22(18-20-25)28(32)30-27(26(31)21-11-5-2-6-12-21)29(33,23-13-7-3-8-14-23)24-15-9-4-10-16-24/h2-20,27,33H,1H3,(H,30,32)/t27-/m0/s1. The molecule has 4 aromatic rings. The Morgan fingerprint density at radius 3 is 1.65 bits per heavy atom. The molecule has 0 spiro atoms. The second-order valence-electron chi connectivity index (χ2n) is 7.86. The summed E-state index contributed by atoms with van der Waals surface area (Å²) in [7, 11) is 1.55. The lowest BCUT2D eigenvalue weighted by molar-refractivity contribution is 0.0320. The molecule has 0 aliphatic heterocycles. The lowest BCUT2D eigenvalue weighted by atomic mass is 9.77. The highest BCUT2D eigenvalue weighted by Gasteiger charge is 2.45. The molecule has 5 nitrogen and oxygen atoms in total. The van der Waals surface area contributed by atoms with E-state index in [-0.39, 0.29) is 0 Å². The number of amides is 1. The van der Waals surface area contributed by atoms with Crippen LogP contribution in [-0.2, 0) is 5.60 Å². The predicted octanol–water partition coefficient (Wildman–Crippen LogP) is 4.61. The Kier molecular flexibility index (Phi) is 6.85. The molecule has 2 N–H and O–H groups in total. The molecule has 34 heavy (non-hydrogen) atoms. The maximum Gasteiger partial charge on any atom is 0.251 e. The van der Waals surface area contributed by atoms with Crippen LogP contribution in [0.4, 0.5) is 0 Å². The fraction of sp³-hybridized carbons (Fsp3) is 0.103. The SMILES string of the molecule is COc1ccc(C(=O)N[C@@H](C(=O)c2ccccc2)C(O)(c2ccccc2)c2ccccc2)cc1. The summed E-state index contributed by atoms with van der Waals surface area (Å²) in [6.45, 7) is 0. The van der Waals surface area contributed by atoms with Crippen molar-refractivity contribution in [3.05, 3.63) is 138 Å². The molecular weight excluding hydrogens is 426 g/mol. The van der Waals surface area contributed by atoms with Crippen LogP contribution in [0.2, 0.25) is 0 Å². The van der Waals surface area contributed by atoms with Crippen LogP contribution in [0.3, 0.4) is 0 Å². The number of benzene rings is 4. The van der Waals surface area contributed by atoms with Crippen molar-refractivity contribution in [1.29, 1.82) is 0 Å². The number of hydrogen-bond acceptors (Lipinski definition) is 4. The molecule has 1 amide bonds. The minimum atomic E-state index is -1.82. The second-order valence-corrected chi connectivity index (χ2v) is 7.86. The van der Waals surface area contributed by atoms with Crippen LogP contribution in [0, 0.1) is 0 Å². The van der Waals surface area contributed by atoms with E-state index in [9.17, 15) is 14.7 Å². The van der Waals surface area contributed by atoms with Crippen molar-refractivity contribution in [3.63, 3.8) is 0 Å². The third-order valence-electron chi connectivity index (χ3n) is 5.79. The highest BCUT2D eigenvalue weighted by atomic mass is 16.5. The van der Waals surface area contributed by atoms with Crippen LogP contribution in [0.5, 0.6) is 5.75 Å². The number of aliphatic hydroxyl groups is 1. The van der Waals surface area contributed by atoms with Crippen molar-refractivity contribution in [2.75, 3.05) is 7.11 Å². The van der Waals surface area contributed by atoms with Crippen molar-refractivity contribution >= 4 is 11.7 Å². The molecule has 5 heteroatoms. The summed E-state index contributed by atoms with van der Waals surface area (Å²) in [6.07, 6.45) is 0. The molecule has 0 unspecified atom stereocenters. The van der Waals surface area contributed by atoms with E-state index in [1.54, 1.807) is 104 Å². The van der Waals surface area contributed by atoms with Gasteiger partial charge in [-0.15, -0.1) is 0 Å². The van der Waals surface area contributed by atoms with Gasteiger partial charge < -0.3 is 15.2 Å². The normalized spacial score (nSPS) is 11.9. The van der Waals surface area contributed by atoms with E-state index in [4.69, 9.17) is 4.74 Å². The molecule has 0 aliphatic carbocycles. The van der Waals surface area contributed by atoms with E-state index in [0.717, 1.165) is 0 Å². The van der Waals surface area contributed by atoms with Gasteiger partial charge in [0.1, 0.15) is 17.4 Å². The number of rotatable bonds is 8. The quantitative estimate of drug-likeness (QED) is 0.384. The van der Waals surface area contributed by atoms with Gasteiger partial charge in [0.05, 0.1) is 7.11 Å². The van der Waals surface area contributed by atoms with Gasteiger partial charge in [-0.25, -0.2) is 0 Å². The van der Waals surface area contributed by atoms with Gasteiger partial charge in [0, 0.05) is 11.1 Å². The molecule has 0 bridgehead atoms. The first-order valence-electron chi connectivity index (χ1n) is 10.9. The van der Waals surface area contributed by atoms with Gasteiger partial charge in [-0.05, 0) is 35.4 Å². The van der Waals surface area contributed by atoms with Gasteiger partial charge in [0.25, 0.3) is 5.91 Å². The largest absolute Gasteiger partial charge is 0.497 e. The monoisotopic (exact) mass is 451 g/mol. The number of ketones is 1. The van der Waals surface area contributed by atoms with Crippen LogP contribution >= 0.6 is 0 Å². The van der Waals surface area contributed by atoms with E-state index in [1.165, 1.54) is 0 Å². The Balaban J connectivity index is 1.84. The van der Waals surface area contributed by atoms with E-state index >= 15 is 0 Å². The summed E-state index contributed by atoms with van der Waals surface area (Å²) in [5.41, 5.74) is -0.114. The molecule has 0 saturated heterocycles. The average Bonchev–Trinajstić information content (AvgIpc) is 2.92. The van der Waals surface area contributed by atoms with Crippen molar-refractivity contribution in [2.24, 2.45) is 0 Å². The van der Waals surface area contributed by atoms with Crippen LogP contribution in [-0.4, -0.2) is 29.9 Å². The van der Waals surface area contributed by atoms with E-state index in [0.29, 0.717) is 28.0 Å². The molecule has 0 aliphatic rings. The third-order valence-corrected chi connectivity index (χ3v) is 5.79. The Bertz CT molecular complexity index is 1200. The smallest absolute Gasteiger partial charge is 0.251 e. The Hall–Kier alpha value is -4.22. The number of nitrogens with one attached hydrogen (secondary N) is 1. The summed E-state index contributed by atoms with van der Waals surface area (Å²) in [4.78, 5) is 27.1. The van der Waals surface area contributed by atoms with Crippen LogP contribution in [0.25, 0.3) is 0 Å². The number of hydrogen-bond donors (Lipinski definition) is 2. The fourth-order valence-corrected chi connectivity index (χ4v) is 3.97. The summed E-state index contributed by atoms with van der Waals surface area (Å²) >= 11 is 0. The maximum atomic E-state index is 13.8. The van der Waals surface area contributed by atoms with Crippen molar-refractivity contribution in [3.8, 4) is 5.75 Å². The summed E-state index contributed by atoms with van der Waals surface area (Å²) in [5, 5.41) is 15.1. The van der Waals surface area contributed by atoms with Crippen LogP contribution in [0.15, 0.2) is 115 Å². The highest BCUT2D eigenvalue weighted by molar-refractivity contribution is 6.05. The second kappa shape index (κ2) is 10.1. The van der Waals surface area contributed by atoms with Gasteiger partial charge in [-0.3, -0.25) is 9.59 Å². The van der Waals surface area contributed by atoms with Crippen molar-refractivity contribution in [2.45, 2.75) is 11.6 Å². The van der Waals surface area contributed by atoms with E-state index in [2.05, 4.69) is 5.32 Å². The molecule has 1 atom stereocenters. The molecule has 170 valence electrons. The molecule has 0 saturated carbocycles. The van der Waals surface area contributed by atoms with E-state index < -0.39 is 23.3 Å². The average molecular weight is 452 g/mol. The lowest BCUT2D eigenvalue weighted by Gasteiger charge is -2.37. The minimum absolute atomic E-state index is 0.343. The summed E-state index contributed by atoms with van der Waals surface area (Å²) < 4.78 is 5.17. The Morgan fingerprint density at radius 1 is 0.706 bits per heavy atom. The van der Waals surface area contributed by atoms with Gasteiger partial charge in [-0.1, -0.05) is 91.0 Å². The molecular formula is C29H25NO4. The molecule has 0 heterocycles. The lowest BCUT2D eigenvalue weighted by Crippen LogP contribution is -2.55. The maximum absolute atomic E-state index is 13.8. The molecule has 4 rings (SSSR count). The van der Waals surface area contributed by atoms with Crippen LogP contribution in [0.1, 0.15) is 31.8 Å². The fourth-order valence-electron chi connectivity index (χ4n) is 3.97. The third kappa shape index (κ3) is 4.60. The zero-order chi connectivity index (χ0) is 24.0. The molecule has 0 fully saturated rings. The Labute approximate surface area is 198 Å². The first-order chi connectivity index (χ1) is 16.5. The molecule has 0 radical (unpaired) electrons. The first kappa shape index (κ1) is 23.0. The Morgan fingerprint density at radius 2 is 1.18 bits per heavy atom. The van der Waals surface area contributed by atoms with Crippen molar-refractivity contribution < 1.29 is 19.4 Å². The van der Waals surface area contributed by atoms with Gasteiger partial charge in [0.15, 0.2) is 5.78 Å². The minimum Gasteiger partial charge on any atom is -0.497 e. The number of Topliss-reactive ketones (excluding diaryl/α,β-unsaturated/α-hetero) is 1. The van der Waals surface area contributed by atoms with Gasteiger partial charge in [0.2, 0.25) is 0 Å². The van der Waals surface area contributed by atoms with E-state index in [1.807, 2.05) is 18.2 Å².